The molecule has 0 saturated heterocycles. The van der Waals surface area contributed by atoms with Crippen LogP contribution in [0.3, 0.4) is 0 Å². The number of hydrogen-bond acceptors (Lipinski definition) is 4. The van der Waals surface area contributed by atoms with E-state index in [2.05, 4.69) is 15.4 Å². The van der Waals surface area contributed by atoms with E-state index < -0.39 is 0 Å². The van der Waals surface area contributed by atoms with Gasteiger partial charge in [-0.1, -0.05) is 34.5 Å². The summed E-state index contributed by atoms with van der Waals surface area (Å²) in [6.45, 7) is 4.60. The van der Waals surface area contributed by atoms with E-state index in [0.717, 1.165) is 5.56 Å². The number of benzene rings is 1. The zero-order chi connectivity index (χ0) is 15.9. The maximum absolute atomic E-state index is 12.6. The van der Waals surface area contributed by atoms with Gasteiger partial charge in [0.25, 0.3) is 5.56 Å². The van der Waals surface area contributed by atoms with E-state index >= 15 is 0 Å². The van der Waals surface area contributed by atoms with E-state index in [-0.39, 0.29) is 12.1 Å². The third-order valence-electron chi connectivity index (χ3n) is 3.40. The first-order chi connectivity index (χ1) is 10.5. The molecule has 8 heteroatoms. The highest BCUT2D eigenvalue weighted by molar-refractivity contribution is 6.42. The minimum Gasteiger partial charge on any atom is -0.265 e. The lowest BCUT2D eigenvalue weighted by Gasteiger charge is -2.06. The van der Waals surface area contributed by atoms with Gasteiger partial charge in [-0.05, 0) is 31.5 Å². The van der Waals surface area contributed by atoms with Crippen LogP contribution in [0.2, 0.25) is 10.0 Å². The zero-order valence-corrected chi connectivity index (χ0v) is 13.6. The van der Waals surface area contributed by atoms with Crippen molar-refractivity contribution in [3.05, 3.63) is 49.9 Å². The van der Waals surface area contributed by atoms with Crippen molar-refractivity contribution in [2.24, 2.45) is 0 Å². The number of aromatic nitrogens is 5. The maximum atomic E-state index is 12.6. The number of hydrogen-bond donors (Lipinski definition) is 0. The van der Waals surface area contributed by atoms with Crippen molar-refractivity contribution in [3.8, 4) is 0 Å². The Hall–Kier alpha value is -1.92. The Morgan fingerprint density at radius 1 is 1.18 bits per heavy atom. The van der Waals surface area contributed by atoms with Crippen LogP contribution in [0.25, 0.3) is 11.0 Å². The first kappa shape index (κ1) is 15.0. The topological polar surface area (TPSA) is 65.6 Å². The number of rotatable bonds is 3. The molecule has 0 radical (unpaired) electrons. The molecular formula is C14H13Cl2N5O. The molecule has 0 saturated carbocycles. The molecule has 0 spiro atoms. The van der Waals surface area contributed by atoms with E-state index in [1.807, 2.05) is 13.8 Å². The Bertz CT molecular complexity index is 915. The van der Waals surface area contributed by atoms with Gasteiger partial charge in [-0.3, -0.25) is 9.48 Å². The van der Waals surface area contributed by atoms with E-state index in [1.54, 1.807) is 22.9 Å². The second-order valence-corrected chi connectivity index (χ2v) is 5.71. The average molecular weight is 338 g/mol. The SMILES string of the molecule is CCn1nc(C)c2nnn(Cc3ccc(Cl)c(Cl)c3)c(=O)c21. The fraction of sp³-hybridized carbons (Fsp3) is 0.286. The molecule has 0 aliphatic rings. The molecule has 0 aliphatic heterocycles. The fourth-order valence-corrected chi connectivity index (χ4v) is 2.63. The Kier molecular flexibility index (Phi) is 3.88. The zero-order valence-electron chi connectivity index (χ0n) is 12.0. The smallest absolute Gasteiger partial charge is 0.265 e. The molecule has 114 valence electrons. The predicted octanol–water partition coefficient (Wildman–Crippen LogP) is 2.67. The van der Waals surface area contributed by atoms with Crippen molar-refractivity contribution in [1.82, 2.24) is 24.8 Å². The van der Waals surface area contributed by atoms with E-state index in [9.17, 15) is 4.79 Å². The first-order valence-corrected chi connectivity index (χ1v) is 7.51. The first-order valence-electron chi connectivity index (χ1n) is 6.76. The lowest BCUT2D eigenvalue weighted by molar-refractivity contribution is 0.592. The van der Waals surface area contributed by atoms with Crippen molar-refractivity contribution < 1.29 is 0 Å². The minimum absolute atomic E-state index is 0.224. The van der Waals surface area contributed by atoms with Crippen LogP contribution < -0.4 is 5.56 Å². The Morgan fingerprint density at radius 3 is 2.64 bits per heavy atom. The summed E-state index contributed by atoms with van der Waals surface area (Å²) in [5.41, 5.74) is 2.30. The summed E-state index contributed by atoms with van der Waals surface area (Å²) in [4.78, 5) is 12.6. The molecule has 0 N–H and O–H groups in total. The maximum Gasteiger partial charge on any atom is 0.296 e. The van der Waals surface area contributed by atoms with E-state index in [1.165, 1.54) is 4.68 Å². The van der Waals surface area contributed by atoms with Gasteiger partial charge in [0.2, 0.25) is 0 Å². The summed E-state index contributed by atoms with van der Waals surface area (Å²) >= 11 is 11.9. The Labute approximate surface area is 136 Å². The number of aryl methyl sites for hydroxylation is 2. The van der Waals surface area contributed by atoms with Gasteiger partial charge in [0.1, 0.15) is 5.52 Å². The van der Waals surface area contributed by atoms with Gasteiger partial charge in [-0.25, -0.2) is 4.68 Å². The van der Waals surface area contributed by atoms with Crippen molar-refractivity contribution >= 4 is 34.2 Å². The van der Waals surface area contributed by atoms with Crippen LogP contribution in [0, 0.1) is 6.92 Å². The van der Waals surface area contributed by atoms with Gasteiger partial charge >= 0.3 is 0 Å². The normalized spacial score (nSPS) is 11.3. The number of fused-ring (bicyclic) bond motifs is 1. The van der Waals surface area contributed by atoms with Crippen molar-refractivity contribution in [1.29, 1.82) is 0 Å². The molecule has 2 heterocycles. The quantitative estimate of drug-likeness (QED) is 0.736. The van der Waals surface area contributed by atoms with Gasteiger partial charge in [-0.15, -0.1) is 5.10 Å². The van der Waals surface area contributed by atoms with Crippen LogP contribution in [-0.2, 0) is 13.1 Å². The van der Waals surface area contributed by atoms with Gasteiger partial charge in [-0.2, -0.15) is 5.10 Å². The molecule has 3 rings (SSSR count). The van der Waals surface area contributed by atoms with E-state index in [4.69, 9.17) is 23.2 Å². The fourth-order valence-electron chi connectivity index (χ4n) is 2.31. The van der Waals surface area contributed by atoms with Crippen LogP contribution >= 0.6 is 23.2 Å². The van der Waals surface area contributed by atoms with Crippen molar-refractivity contribution in [3.63, 3.8) is 0 Å². The Morgan fingerprint density at radius 2 is 1.95 bits per heavy atom. The van der Waals surface area contributed by atoms with Gasteiger partial charge < -0.3 is 0 Å². The predicted molar refractivity (Wildman–Crippen MR) is 85.6 cm³/mol. The molecule has 3 aromatic rings. The minimum atomic E-state index is -0.224. The second kappa shape index (κ2) is 5.70. The molecule has 0 bridgehead atoms. The van der Waals surface area contributed by atoms with Gasteiger partial charge in [0.15, 0.2) is 5.52 Å². The monoisotopic (exact) mass is 337 g/mol. The summed E-state index contributed by atoms with van der Waals surface area (Å²) < 4.78 is 2.95. The van der Waals surface area contributed by atoms with Gasteiger partial charge in [0.05, 0.1) is 22.3 Å². The highest BCUT2D eigenvalue weighted by Crippen LogP contribution is 2.22. The van der Waals surface area contributed by atoms with Crippen LogP contribution in [-0.4, -0.2) is 24.8 Å². The third-order valence-corrected chi connectivity index (χ3v) is 4.14. The Balaban J connectivity index is 2.10. The second-order valence-electron chi connectivity index (χ2n) is 4.90. The molecule has 0 aliphatic carbocycles. The highest BCUT2D eigenvalue weighted by atomic mass is 35.5. The summed E-state index contributed by atoms with van der Waals surface area (Å²) in [7, 11) is 0. The standard InChI is InChI=1S/C14H13Cl2N5O/c1-3-20-13-12(8(2)18-20)17-19-21(14(13)22)7-9-4-5-10(15)11(16)6-9/h4-6H,3,7H2,1-2H3. The van der Waals surface area contributed by atoms with Crippen LogP contribution in [0.1, 0.15) is 18.2 Å². The molecule has 0 unspecified atom stereocenters. The molecular weight excluding hydrogens is 325 g/mol. The van der Waals surface area contributed by atoms with Crippen LogP contribution in [0.5, 0.6) is 0 Å². The number of nitrogens with zero attached hydrogens (tertiary/aromatic N) is 5. The van der Waals surface area contributed by atoms with Crippen LogP contribution in [0.4, 0.5) is 0 Å². The summed E-state index contributed by atoms with van der Waals surface area (Å²) in [5.74, 6) is 0. The molecule has 0 atom stereocenters. The molecule has 22 heavy (non-hydrogen) atoms. The van der Waals surface area contributed by atoms with E-state index in [0.29, 0.717) is 33.3 Å². The van der Waals surface area contributed by atoms with Crippen molar-refractivity contribution in [2.45, 2.75) is 26.9 Å². The lowest BCUT2D eigenvalue weighted by Crippen LogP contribution is -2.26. The largest absolute Gasteiger partial charge is 0.296 e. The number of halogens is 2. The molecule has 1 aromatic carbocycles. The molecule has 0 amide bonds. The summed E-state index contributed by atoms with van der Waals surface area (Å²) in [5, 5.41) is 13.3. The van der Waals surface area contributed by atoms with Crippen molar-refractivity contribution in [2.75, 3.05) is 0 Å². The third kappa shape index (κ3) is 2.48. The molecule has 6 nitrogen and oxygen atoms in total. The molecule has 2 aromatic heterocycles. The lowest BCUT2D eigenvalue weighted by atomic mass is 10.2. The molecule has 0 fully saturated rings. The summed E-state index contributed by atoms with van der Waals surface area (Å²) in [6.07, 6.45) is 0. The highest BCUT2D eigenvalue weighted by Gasteiger charge is 2.15. The summed E-state index contributed by atoms with van der Waals surface area (Å²) in [6, 6.07) is 5.20. The average Bonchev–Trinajstić information content (AvgIpc) is 2.83. The van der Waals surface area contributed by atoms with Crippen LogP contribution in [0.15, 0.2) is 23.0 Å². The van der Waals surface area contributed by atoms with Gasteiger partial charge in [0, 0.05) is 6.54 Å².